The molecule has 0 fully saturated rings. The standard InChI is InChI=1S/C8H8IN3O/c9-7-4-2-1-3-6(7)5-11-12-8(10)13/h1-5H,(H3,10,12,13)/b11-5-. The normalized spacial score (nSPS) is 10.2. The van der Waals surface area contributed by atoms with Crippen LogP contribution < -0.4 is 11.2 Å². The molecule has 0 atom stereocenters. The predicted octanol–water partition coefficient (Wildman–Crippen LogP) is 1.29. The summed E-state index contributed by atoms with van der Waals surface area (Å²) in [5.41, 5.74) is 7.90. The Kier molecular flexibility index (Phi) is 3.69. The van der Waals surface area contributed by atoms with Crippen LogP contribution in [0.5, 0.6) is 0 Å². The van der Waals surface area contributed by atoms with Crippen LogP contribution in [0.25, 0.3) is 0 Å². The number of urea groups is 1. The van der Waals surface area contributed by atoms with Crippen molar-refractivity contribution in [3.05, 3.63) is 33.4 Å². The van der Waals surface area contributed by atoms with E-state index in [0.29, 0.717) is 0 Å². The average molecular weight is 289 g/mol. The van der Waals surface area contributed by atoms with E-state index in [2.05, 4.69) is 33.1 Å². The van der Waals surface area contributed by atoms with E-state index in [0.717, 1.165) is 9.13 Å². The number of nitrogens with two attached hydrogens (primary N) is 1. The third-order valence-electron chi connectivity index (χ3n) is 1.28. The number of hydrogen-bond acceptors (Lipinski definition) is 2. The monoisotopic (exact) mass is 289 g/mol. The summed E-state index contributed by atoms with van der Waals surface area (Å²) in [6.45, 7) is 0. The molecule has 0 saturated carbocycles. The molecule has 0 aliphatic rings. The lowest BCUT2D eigenvalue weighted by atomic mass is 10.2. The first-order chi connectivity index (χ1) is 6.20. The summed E-state index contributed by atoms with van der Waals surface area (Å²) >= 11 is 2.18. The Morgan fingerprint density at radius 1 is 1.54 bits per heavy atom. The van der Waals surface area contributed by atoms with Gasteiger partial charge in [-0.3, -0.25) is 0 Å². The maximum atomic E-state index is 10.3. The Bertz CT molecular complexity index is 338. The van der Waals surface area contributed by atoms with Crippen molar-refractivity contribution in [2.24, 2.45) is 10.8 Å². The zero-order valence-electron chi connectivity index (χ0n) is 6.70. The molecule has 0 aliphatic carbocycles. The fourth-order valence-electron chi connectivity index (χ4n) is 0.745. The molecular formula is C8H8IN3O. The first-order valence-corrected chi connectivity index (χ1v) is 4.61. The number of carbonyl (C=O) groups excluding carboxylic acids is 1. The van der Waals surface area contributed by atoms with Crippen molar-refractivity contribution in [2.45, 2.75) is 0 Å². The summed E-state index contributed by atoms with van der Waals surface area (Å²) in [5, 5.41) is 3.65. The molecule has 1 aromatic carbocycles. The molecule has 0 radical (unpaired) electrons. The fraction of sp³-hybridized carbons (Fsp3) is 0. The number of nitrogens with one attached hydrogen (secondary N) is 1. The van der Waals surface area contributed by atoms with Gasteiger partial charge in [0.2, 0.25) is 0 Å². The molecular weight excluding hydrogens is 281 g/mol. The van der Waals surface area contributed by atoms with Crippen molar-refractivity contribution in [3.8, 4) is 0 Å². The number of nitrogens with zero attached hydrogens (tertiary/aromatic N) is 1. The molecule has 3 N–H and O–H groups in total. The van der Waals surface area contributed by atoms with Crippen molar-refractivity contribution < 1.29 is 4.79 Å². The Morgan fingerprint density at radius 2 is 2.23 bits per heavy atom. The highest BCUT2D eigenvalue weighted by Gasteiger charge is 1.93. The van der Waals surface area contributed by atoms with Gasteiger partial charge in [0.05, 0.1) is 6.21 Å². The summed E-state index contributed by atoms with van der Waals surface area (Å²) in [4.78, 5) is 10.3. The molecule has 1 aromatic rings. The largest absolute Gasteiger partial charge is 0.350 e. The third kappa shape index (κ3) is 3.41. The lowest BCUT2D eigenvalue weighted by Crippen LogP contribution is -2.24. The molecule has 13 heavy (non-hydrogen) atoms. The van der Waals surface area contributed by atoms with Crippen molar-refractivity contribution >= 4 is 34.8 Å². The SMILES string of the molecule is NC(=O)N/N=C\c1ccccc1I. The lowest BCUT2D eigenvalue weighted by molar-refractivity contribution is 0.249. The van der Waals surface area contributed by atoms with Crippen LogP contribution in [0.15, 0.2) is 29.4 Å². The smallest absolute Gasteiger partial charge is 0.332 e. The van der Waals surface area contributed by atoms with Gasteiger partial charge in [0.15, 0.2) is 0 Å². The zero-order chi connectivity index (χ0) is 9.68. The second-order valence-electron chi connectivity index (χ2n) is 2.26. The van der Waals surface area contributed by atoms with Gasteiger partial charge in [-0.2, -0.15) is 5.10 Å². The number of amides is 2. The molecule has 0 heterocycles. The van der Waals surface area contributed by atoms with E-state index in [1.54, 1.807) is 6.21 Å². The van der Waals surface area contributed by atoms with Gasteiger partial charge >= 0.3 is 6.03 Å². The Labute approximate surface area is 89.3 Å². The van der Waals surface area contributed by atoms with E-state index in [-0.39, 0.29) is 0 Å². The van der Waals surface area contributed by atoms with E-state index < -0.39 is 6.03 Å². The fourth-order valence-corrected chi connectivity index (χ4v) is 1.27. The van der Waals surface area contributed by atoms with Gasteiger partial charge in [0, 0.05) is 9.13 Å². The second kappa shape index (κ2) is 4.80. The van der Waals surface area contributed by atoms with Gasteiger partial charge in [0.25, 0.3) is 0 Å². The summed E-state index contributed by atoms with van der Waals surface area (Å²) in [5.74, 6) is 0. The number of carbonyl (C=O) groups is 1. The predicted molar refractivity (Wildman–Crippen MR) is 59.5 cm³/mol. The summed E-state index contributed by atoms with van der Waals surface area (Å²) in [6, 6.07) is 7.01. The number of hydrogen-bond donors (Lipinski definition) is 2. The molecule has 0 aliphatic heterocycles. The highest BCUT2D eigenvalue weighted by molar-refractivity contribution is 14.1. The van der Waals surface area contributed by atoms with Crippen LogP contribution in [-0.2, 0) is 0 Å². The van der Waals surface area contributed by atoms with Crippen LogP contribution in [0.4, 0.5) is 4.79 Å². The third-order valence-corrected chi connectivity index (χ3v) is 2.27. The van der Waals surface area contributed by atoms with Crippen molar-refractivity contribution in [2.75, 3.05) is 0 Å². The number of rotatable bonds is 2. The van der Waals surface area contributed by atoms with E-state index in [9.17, 15) is 4.79 Å². The quantitative estimate of drug-likeness (QED) is 0.481. The van der Waals surface area contributed by atoms with Crippen LogP contribution >= 0.6 is 22.6 Å². The highest BCUT2D eigenvalue weighted by atomic mass is 127. The lowest BCUT2D eigenvalue weighted by Gasteiger charge is -1.95. The first kappa shape index (κ1) is 9.97. The van der Waals surface area contributed by atoms with Gasteiger partial charge in [-0.25, -0.2) is 10.2 Å². The Balaban J connectivity index is 2.68. The zero-order valence-corrected chi connectivity index (χ0v) is 8.86. The van der Waals surface area contributed by atoms with E-state index in [1.807, 2.05) is 24.3 Å². The molecule has 5 heteroatoms. The van der Waals surface area contributed by atoms with Crippen molar-refractivity contribution in [3.63, 3.8) is 0 Å². The van der Waals surface area contributed by atoms with E-state index in [4.69, 9.17) is 5.73 Å². The van der Waals surface area contributed by atoms with Gasteiger partial charge in [-0.1, -0.05) is 18.2 Å². The van der Waals surface area contributed by atoms with Gasteiger partial charge in [-0.15, -0.1) is 0 Å². The highest BCUT2D eigenvalue weighted by Crippen LogP contribution is 2.08. The van der Waals surface area contributed by atoms with Gasteiger partial charge in [0.1, 0.15) is 0 Å². The van der Waals surface area contributed by atoms with E-state index >= 15 is 0 Å². The maximum Gasteiger partial charge on any atom is 0.332 e. The molecule has 0 aromatic heterocycles. The minimum atomic E-state index is -0.665. The number of halogens is 1. The molecule has 0 saturated heterocycles. The maximum absolute atomic E-state index is 10.3. The number of benzene rings is 1. The summed E-state index contributed by atoms with van der Waals surface area (Å²) < 4.78 is 1.06. The molecule has 0 unspecified atom stereocenters. The minimum absolute atomic E-state index is 0.665. The van der Waals surface area contributed by atoms with Gasteiger partial charge < -0.3 is 5.73 Å². The summed E-state index contributed by atoms with van der Waals surface area (Å²) in [7, 11) is 0. The second-order valence-corrected chi connectivity index (χ2v) is 3.42. The molecule has 0 spiro atoms. The topological polar surface area (TPSA) is 67.5 Å². The average Bonchev–Trinajstić information content (AvgIpc) is 2.08. The molecule has 0 bridgehead atoms. The molecule has 1 rings (SSSR count). The van der Waals surface area contributed by atoms with Crippen LogP contribution in [0.1, 0.15) is 5.56 Å². The van der Waals surface area contributed by atoms with Crippen LogP contribution in [0.3, 0.4) is 0 Å². The molecule has 68 valence electrons. The van der Waals surface area contributed by atoms with Crippen LogP contribution in [0, 0.1) is 3.57 Å². The molecule has 2 amide bonds. The Hall–Kier alpha value is -1.11. The minimum Gasteiger partial charge on any atom is -0.350 e. The van der Waals surface area contributed by atoms with Crippen LogP contribution in [-0.4, -0.2) is 12.2 Å². The van der Waals surface area contributed by atoms with Crippen molar-refractivity contribution in [1.29, 1.82) is 0 Å². The summed E-state index contributed by atoms with van der Waals surface area (Å²) in [6.07, 6.45) is 1.55. The number of primary amides is 1. The van der Waals surface area contributed by atoms with Crippen LogP contribution in [0.2, 0.25) is 0 Å². The van der Waals surface area contributed by atoms with E-state index in [1.165, 1.54) is 0 Å². The Morgan fingerprint density at radius 3 is 2.85 bits per heavy atom. The molecule has 4 nitrogen and oxygen atoms in total. The van der Waals surface area contributed by atoms with Crippen molar-refractivity contribution in [1.82, 2.24) is 5.43 Å². The number of hydrazone groups is 1. The first-order valence-electron chi connectivity index (χ1n) is 3.53. The van der Waals surface area contributed by atoms with Gasteiger partial charge in [-0.05, 0) is 28.7 Å².